The number of thiocarbonyl (C=S) groups is 1. The maximum atomic E-state index is 12.6. The highest BCUT2D eigenvalue weighted by atomic mass is 35.5. The predicted octanol–water partition coefficient (Wildman–Crippen LogP) is 3.54. The first-order valence-corrected chi connectivity index (χ1v) is 10.6. The number of benzene rings is 1. The molecule has 3 rings (SSSR count). The summed E-state index contributed by atoms with van der Waals surface area (Å²) in [4.78, 5) is 30.7. The van der Waals surface area contributed by atoms with Crippen LogP contribution < -0.4 is 5.32 Å². The number of thioether (sulfide) groups is 2. The highest BCUT2D eigenvalue weighted by molar-refractivity contribution is 8.26. The number of nitrogens with one attached hydrogen (secondary N) is 1. The lowest BCUT2D eigenvalue weighted by Gasteiger charge is -2.14. The van der Waals surface area contributed by atoms with Crippen LogP contribution in [0.2, 0.25) is 5.02 Å². The van der Waals surface area contributed by atoms with Crippen molar-refractivity contribution in [2.45, 2.75) is 12.8 Å². The molecule has 0 radical (unpaired) electrons. The fraction of sp³-hybridized carbons (Fsp3) is 0.294. The minimum atomic E-state index is -0.143. The van der Waals surface area contributed by atoms with E-state index in [1.807, 2.05) is 18.2 Å². The average molecular weight is 426 g/mol. The molecule has 0 aromatic heterocycles. The van der Waals surface area contributed by atoms with Crippen molar-refractivity contribution < 1.29 is 9.59 Å². The van der Waals surface area contributed by atoms with Gasteiger partial charge in [-0.1, -0.05) is 65.5 Å². The van der Waals surface area contributed by atoms with Crippen LogP contribution in [0, 0.1) is 0 Å². The summed E-state index contributed by atoms with van der Waals surface area (Å²) in [7, 11) is 0. The lowest BCUT2D eigenvalue weighted by atomic mass is 10.2. The first-order chi connectivity index (χ1) is 12.5. The summed E-state index contributed by atoms with van der Waals surface area (Å²) >= 11 is 14.3. The van der Waals surface area contributed by atoms with Gasteiger partial charge in [-0.15, -0.1) is 0 Å². The largest absolute Gasteiger partial charge is 0.305 e. The number of carbonyl (C=O) groups is 2. The fourth-order valence-electron chi connectivity index (χ4n) is 2.42. The lowest BCUT2D eigenvalue weighted by molar-refractivity contribution is -0.123. The zero-order valence-corrected chi connectivity index (χ0v) is 16.9. The van der Waals surface area contributed by atoms with Gasteiger partial charge in [0.15, 0.2) is 5.17 Å². The van der Waals surface area contributed by atoms with E-state index in [2.05, 4.69) is 10.3 Å². The van der Waals surface area contributed by atoms with E-state index in [-0.39, 0.29) is 11.8 Å². The molecular formula is C17H16ClN3O2S3. The van der Waals surface area contributed by atoms with Crippen molar-refractivity contribution in [1.29, 1.82) is 0 Å². The van der Waals surface area contributed by atoms with Crippen molar-refractivity contribution in [3.63, 3.8) is 0 Å². The molecule has 1 aromatic carbocycles. The Bertz CT molecular complexity index is 810. The van der Waals surface area contributed by atoms with Gasteiger partial charge in [-0.25, -0.2) is 0 Å². The zero-order valence-electron chi connectivity index (χ0n) is 13.7. The topological polar surface area (TPSA) is 61.8 Å². The number of hydrogen-bond acceptors (Lipinski definition) is 6. The summed E-state index contributed by atoms with van der Waals surface area (Å²) in [6, 6.07) is 7.33. The molecule has 0 saturated carbocycles. The van der Waals surface area contributed by atoms with Crippen LogP contribution in [-0.2, 0) is 9.59 Å². The van der Waals surface area contributed by atoms with Gasteiger partial charge in [0, 0.05) is 23.7 Å². The molecule has 0 bridgehead atoms. The van der Waals surface area contributed by atoms with Gasteiger partial charge >= 0.3 is 0 Å². The van der Waals surface area contributed by atoms with E-state index >= 15 is 0 Å². The van der Waals surface area contributed by atoms with Gasteiger partial charge in [0.05, 0.1) is 11.4 Å². The molecule has 2 aliphatic rings. The van der Waals surface area contributed by atoms with E-state index < -0.39 is 0 Å². The SMILES string of the molecule is O=C(CCCN1C(=O)C(=Cc2ccccc2Cl)SC1=S)NC1=NCCS1. The molecule has 0 aliphatic carbocycles. The minimum absolute atomic E-state index is 0.0878. The molecule has 0 unspecified atom stereocenters. The summed E-state index contributed by atoms with van der Waals surface area (Å²) in [6.07, 6.45) is 2.61. The maximum Gasteiger partial charge on any atom is 0.266 e. The highest BCUT2D eigenvalue weighted by Gasteiger charge is 2.31. The Morgan fingerprint density at radius 2 is 2.23 bits per heavy atom. The van der Waals surface area contributed by atoms with Gasteiger partial charge in [0.25, 0.3) is 5.91 Å². The highest BCUT2D eigenvalue weighted by Crippen LogP contribution is 2.33. The van der Waals surface area contributed by atoms with Crippen molar-refractivity contribution in [3.8, 4) is 0 Å². The second-order valence-electron chi connectivity index (χ2n) is 5.54. The van der Waals surface area contributed by atoms with Gasteiger partial charge in [-0.05, 0) is 24.1 Å². The Hall–Kier alpha value is -1.35. The molecule has 1 aromatic rings. The Morgan fingerprint density at radius 3 is 2.96 bits per heavy atom. The van der Waals surface area contributed by atoms with Crippen molar-refractivity contribution in [1.82, 2.24) is 10.2 Å². The number of amides is 2. The summed E-state index contributed by atoms with van der Waals surface area (Å²) in [5.41, 5.74) is 0.781. The Balaban J connectivity index is 1.54. The molecule has 136 valence electrons. The van der Waals surface area contributed by atoms with Crippen LogP contribution in [0.5, 0.6) is 0 Å². The van der Waals surface area contributed by atoms with Gasteiger partial charge in [0.1, 0.15) is 4.32 Å². The smallest absolute Gasteiger partial charge is 0.266 e. The second-order valence-corrected chi connectivity index (χ2v) is 8.71. The molecule has 26 heavy (non-hydrogen) atoms. The summed E-state index contributed by atoms with van der Waals surface area (Å²) in [5, 5.41) is 4.05. The molecule has 1 saturated heterocycles. The van der Waals surface area contributed by atoms with Crippen LogP contribution >= 0.6 is 47.3 Å². The standard InChI is InChI=1S/C17H16ClN3O2S3/c18-12-5-2-1-4-11(12)10-13-15(23)21(17(24)26-13)8-3-6-14(22)20-16-19-7-9-25-16/h1-2,4-5,10H,3,6-9H2,(H,19,20,22). The second kappa shape index (κ2) is 9.03. The molecule has 0 spiro atoms. The van der Waals surface area contributed by atoms with E-state index in [0.717, 1.165) is 17.9 Å². The van der Waals surface area contributed by atoms with Crippen LogP contribution in [0.25, 0.3) is 6.08 Å². The number of halogens is 1. The van der Waals surface area contributed by atoms with Crippen molar-refractivity contribution in [2.75, 3.05) is 18.8 Å². The monoisotopic (exact) mass is 425 g/mol. The number of nitrogens with zero attached hydrogens (tertiary/aromatic N) is 2. The zero-order chi connectivity index (χ0) is 18.5. The molecule has 2 aliphatic heterocycles. The van der Waals surface area contributed by atoms with E-state index in [9.17, 15) is 9.59 Å². The Morgan fingerprint density at radius 1 is 1.42 bits per heavy atom. The van der Waals surface area contributed by atoms with Gasteiger partial charge in [-0.2, -0.15) is 0 Å². The van der Waals surface area contributed by atoms with Crippen molar-refractivity contribution in [2.24, 2.45) is 4.99 Å². The van der Waals surface area contributed by atoms with Gasteiger partial charge in [-0.3, -0.25) is 19.5 Å². The van der Waals surface area contributed by atoms with Gasteiger partial charge in [0.2, 0.25) is 5.91 Å². The van der Waals surface area contributed by atoms with E-state index in [4.69, 9.17) is 23.8 Å². The fourth-order valence-corrected chi connectivity index (χ4v) is 4.65. The van der Waals surface area contributed by atoms with E-state index in [1.165, 1.54) is 16.7 Å². The number of hydrogen-bond donors (Lipinski definition) is 1. The lowest BCUT2D eigenvalue weighted by Crippen LogP contribution is -2.31. The molecule has 9 heteroatoms. The molecule has 5 nitrogen and oxygen atoms in total. The first kappa shape index (κ1) is 19.4. The van der Waals surface area contributed by atoms with Crippen LogP contribution in [0.3, 0.4) is 0 Å². The Labute approximate surface area is 170 Å². The van der Waals surface area contributed by atoms with Crippen LogP contribution in [0.4, 0.5) is 0 Å². The third-order valence-corrected chi connectivity index (χ3v) is 6.30. The molecule has 2 amide bonds. The molecule has 2 heterocycles. The molecule has 0 atom stereocenters. The van der Waals surface area contributed by atoms with E-state index in [1.54, 1.807) is 23.9 Å². The van der Waals surface area contributed by atoms with E-state index in [0.29, 0.717) is 38.8 Å². The quantitative estimate of drug-likeness (QED) is 0.577. The first-order valence-electron chi connectivity index (χ1n) is 8.01. The third-order valence-electron chi connectivity index (χ3n) is 3.68. The minimum Gasteiger partial charge on any atom is -0.305 e. The predicted molar refractivity (Wildman–Crippen MR) is 113 cm³/mol. The molecule has 1 N–H and O–H groups in total. The summed E-state index contributed by atoms with van der Waals surface area (Å²) in [6.45, 7) is 1.16. The summed E-state index contributed by atoms with van der Waals surface area (Å²) < 4.78 is 0.504. The average Bonchev–Trinajstić information content (AvgIpc) is 3.20. The number of rotatable bonds is 5. The number of amidine groups is 1. The Kier molecular flexibility index (Phi) is 6.74. The van der Waals surface area contributed by atoms with Crippen LogP contribution in [0.15, 0.2) is 34.2 Å². The number of carbonyl (C=O) groups excluding carboxylic acids is 2. The molecule has 1 fully saturated rings. The normalized spacial score (nSPS) is 18.6. The van der Waals surface area contributed by atoms with Gasteiger partial charge < -0.3 is 5.32 Å². The third kappa shape index (κ3) is 4.88. The van der Waals surface area contributed by atoms with Crippen LogP contribution in [-0.4, -0.2) is 45.0 Å². The van der Waals surface area contributed by atoms with Crippen molar-refractivity contribution in [3.05, 3.63) is 39.8 Å². The van der Waals surface area contributed by atoms with Crippen molar-refractivity contribution >= 4 is 74.7 Å². The van der Waals surface area contributed by atoms with Crippen LogP contribution in [0.1, 0.15) is 18.4 Å². The number of aliphatic imine (C=N–C) groups is 1. The maximum absolute atomic E-state index is 12.6. The summed E-state index contributed by atoms with van der Waals surface area (Å²) in [5.74, 6) is 0.676. The molecular weight excluding hydrogens is 410 g/mol.